The molecule has 0 unspecified atom stereocenters. The van der Waals surface area contributed by atoms with Gasteiger partial charge in [0.05, 0.1) is 9.26 Å². The van der Waals surface area contributed by atoms with E-state index < -0.39 is 11.6 Å². The van der Waals surface area contributed by atoms with Gasteiger partial charge in [0, 0.05) is 12.6 Å². The van der Waals surface area contributed by atoms with Crippen molar-refractivity contribution in [3.05, 3.63) is 39.1 Å². The van der Waals surface area contributed by atoms with Crippen LogP contribution in [-0.2, 0) is 6.42 Å². The molecule has 100 valence electrons. The minimum Gasteiger partial charge on any atom is -0.372 e. The molecule has 2 rings (SSSR count). The highest BCUT2D eigenvalue weighted by Gasteiger charge is 2.13. The molecule has 6 heteroatoms. The Labute approximate surface area is 123 Å². The number of benzene rings is 1. The maximum absolute atomic E-state index is 13.3. The molecule has 1 N–H and O–H groups in total. The summed E-state index contributed by atoms with van der Waals surface area (Å²) in [7, 11) is 1.76. The highest BCUT2D eigenvalue weighted by Crippen LogP contribution is 2.25. The molecule has 0 spiro atoms. The lowest BCUT2D eigenvalue weighted by molar-refractivity contribution is 0.509. The van der Waals surface area contributed by atoms with Crippen LogP contribution in [0.4, 0.5) is 14.6 Å². The second kappa shape index (κ2) is 5.77. The van der Waals surface area contributed by atoms with Gasteiger partial charge in [-0.05, 0) is 47.2 Å². The zero-order valence-corrected chi connectivity index (χ0v) is 12.6. The van der Waals surface area contributed by atoms with Crippen molar-refractivity contribution in [2.45, 2.75) is 13.3 Å². The first-order chi connectivity index (χ1) is 9.06. The molecule has 0 aliphatic rings. The quantitative estimate of drug-likeness (QED) is 0.833. The van der Waals surface area contributed by atoms with Crippen LogP contribution in [0, 0.1) is 15.2 Å². The van der Waals surface area contributed by atoms with Crippen LogP contribution in [0.3, 0.4) is 0 Å². The van der Waals surface area contributed by atoms with E-state index in [-0.39, 0.29) is 0 Å². The van der Waals surface area contributed by atoms with Crippen LogP contribution >= 0.6 is 22.6 Å². The molecule has 2 aromatic rings. The van der Waals surface area contributed by atoms with Crippen LogP contribution in [0.2, 0.25) is 0 Å². The first-order valence-electron chi connectivity index (χ1n) is 5.76. The van der Waals surface area contributed by atoms with Crippen molar-refractivity contribution in [1.82, 2.24) is 9.97 Å². The number of nitrogens with zero attached hydrogens (tertiary/aromatic N) is 2. The van der Waals surface area contributed by atoms with E-state index in [9.17, 15) is 8.78 Å². The van der Waals surface area contributed by atoms with Gasteiger partial charge >= 0.3 is 0 Å². The number of aromatic nitrogens is 2. The molecule has 0 fully saturated rings. The normalized spacial score (nSPS) is 10.6. The summed E-state index contributed by atoms with van der Waals surface area (Å²) in [5, 5.41) is 2.98. The molecule has 0 atom stereocenters. The maximum Gasteiger partial charge on any atom is 0.161 e. The third-order valence-electron chi connectivity index (χ3n) is 2.67. The molecule has 3 nitrogen and oxygen atoms in total. The SMILES string of the molecule is CCc1nc(-c2ccc(F)c(F)c2)nc(NC)c1I. The van der Waals surface area contributed by atoms with E-state index in [0.717, 1.165) is 27.8 Å². The molecular weight excluding hydrogens is 363 g/mol. The summed E-state index contributed by atoms with van der Waals surface area (Å²) < 4.78 is 27.1. The number of nitrogens with one attached hydrogen (secondary N) is 1. The van der Waals surface area contributed by atoms with Gasteiger partial charge in [0.15, 0.2) is 17.5 Å². The lowest BCUT2D eigenvalue weighted by Gasteiger charge is -2.10. The van der Waals surface area contributed by atoms with Crippen LogP contribution in [0.5, 0.6) is 0 Å². The fourth-order valence-corrected chi connectivity index (χ4v) is 2.55. The summed E-state index contributed by atoms with van der Waals surface area (Å²) in [6, 6.07) is 3.66. The van der Waals surface area contributed by atoms with Crippen LogP contribution in [0.15, 0.2) is 18.2 Å². The van der Waals surface area contributed by atoms with Crippen molar-refractivity contribution in [1.29, 1.82) is 0 Å². The lowest BCUT2D eigenvalue weighted by Crippen LogP contribution is -2.05. The minimum atomic E-state index is -0.899. The van der Waals surface area contributed by atoms with E-state index in [0.29, 0.717) is 17.2 Å². The number of hydrogen-bond acceptors (Lipinski definition) is 3. The molecule has 1 aromatic carbocycles. The van der Waals surface area contributed by atoms with Gasteiger partial charge in [-0.3, -0.25) is 0 Å². The van der Waals surface area contributed by atoms with E-state index in [1.54, 1.807) is 7.05 Å². The van der Waals surface area contributed by atoms with Crippen LogP contribution in [0.1, 0.15) is 12.6 Å². The predicted molar refractivity (Wildman–Crippen MR) is 79.0 cm³/mol. The zero-order chi connectivity index (χ0) is 14.0. The van der Waals surface area contributed by atoms with E-state index in [1.807, 2.05) is 6.92 Å². The zero-order valence-electron chi connectivity index (χ0n) is 10.5. The first kappa shape index (κ1) is 14.1. The summed E-state index contributed by atoms with van der Waals surface area (Å²) in [6.07, 6.45) is 0.742. The standard InChI is InChI=1S/C13H12F2IN3/c1-3-10-11(16)13(17-2)19-12(18-10)7-4-5-8(14)9(15)6-7/h4-6H,3H2,1-2H3,(H,17,18,19). The third kappa shape index (κ3) is 2.83. The summed E-state index contributed by atoms with van der Waals surface area (Å²) in [6.45, 7) is 1.99. The third-order valence-corrected chi connectivity index (χ3v) is 3.80. The Bertz CT molecular complexity index is 592. The van der Waals surface area contributed by atoms with E-state index in [4.69, 9.17) is 0 Å². The molecule has 0 radical (unpaired) electrons. The monoisotopic (exact) mass is 375 g/mol. The Morgan fingerprint density at radius 2 is 1.95 bits per heavy atom. The van der Waals surface area contributed by atoms with Gasteiger partial charge in [-0.15, -0.1) is 0 Å². The fourth-order valence-electron chi connectivity index (χ4n) is 1.66. The van der Waals surface area contributed by atoms with Gasteiger partial charge in [-0.1, -0.05) is 6.92 Å². The number of rotatable bonds is 3. The Balaban J connectivity index is 2.58. The Hall–Kier alpha value is -1.31. The number of hydrogen-bond donors (Lipinski definition) is 1. The Kier molecular flexibility index (Phi) is 4.28. The minimum absolute atomic E-state index is 0.389. The second-order valence-electron chi connectivity index (χ2n) is 3.89. The van der Waals surface area contributed by atoms with E-state index in [2.05, 4.69) is 37.9 Å². The van der Waals surface area contributed by atoms with Gasteiger partial charge in [0.1, 0.15) is 5.82 Å². The molecular formula is C13H12F2IN3. The van der Waals surface area contributed by atoms with Crippen LogP contribution < -0.4 is 5.32 Å². The van der Waals surface area contributed by atoms with Crippen molar-refractivity contribution < 1.29 is 8.78 Å². The van der Waals surface area contributed by atoms with Gasteiger partial charge in [0.25, 0.3) is 0 Å². The second-order valence-corrected chi connectivity index (χ2v) is 4.97. The summed E-state index contributed by atoms with van der Waals surface area (Å²) >= 11 is 2.17. The summed E-state index contributed by atoms with van der Waals surface area (Å²) in [5.74, 6) is -0.699. The van der Waals surface area contributed by atoms with Gasteiger partial charge in [0.2, 0.25) is 0 Å². The summed E-state index contributed by atoms with van der Waals surface area (Å²) in [4.78, 5) is 8.71. The first-order valence-corrected chi connectivity index (χ1v) is 6.84. The molecule has 1 aromatic heterocycles. The number of anilines is 1. The van der Waals surface area contributed by atoms with E-state index >= 15 is 0 Å². The van der Waals surface area contributed by atoms with Gasteiger partial charge < -0.3 is 5.32 Å². The highest BCUT2D eigenvalue weighted by atomic mass is 127. The molecule has 19 heavy (non-hydrogen) atoms. The van der Waals surface area contributed by atoms with Crippen LogP contribution in [0.25, 0.3) is 11.4 Å². The van der Waals surface area contributed by atoms with Crippen LogP contribution in [-0.4, -0.2) is 17.0 Å². The van der Waals surface area contributed by atoms with Crippen molar-refractivity contribution in [2.24, 2.45) is 0 Å². The highest BCUT2D eigenvalue weighted by molar-refractivity contribution is 14.1. The molecule has 0 amide bonds. The molecule has 0 bridgehead atoms. The van der Waals surface area contributed by atoms with Crippen molar-refractivity contribution in [3.63, 3.8) is 0 Å². The lowest BCUT2D eigenvalue weighted by atomic mass is 10.2. The average molecular weight is 375 g/mol. The van der Waals surface area contributed by atoms with Crippen molar-refractivity contribution in [3.8, 4) is 11.4 Å². The molecule has 0 saturated carbocycles. The topological polar surface area (TPSA) is 37.8 Å². The largest absolute Gasteiger partial charge is 0.372 e. The Morgan fingerprint density at radius 1 is 1.21 bits per heavy atom. The van der Waals surface area contributed by atoms with Gasteiger partial charge in [-0.2, -0.15) is 0 Å². The Morgan fingerprint density at radius 3 is 2.53 bits per heavy atom. The number of halogens is 3. The molecule has 0 aliphatic carbocycles. The summed E-state index contributed by atoms with van der Waals surface area (Å²) in [5.41, 5.74) is 1.33. The van der Waals surface area contributed by atoms with Crippen molar-refractivity contribution in [2.75, 3.05) is 12.4 Å². The van der Waals surface area contributed by atoms with Gasteiger partial charge in [-0.25, -0.2) is 18.7 Å². The molecule has 1 heterocycles. The maximum atomic E-state index is 13.3. The predicted octanol–water partition coefficient (Wildman–Crippen LogP) is 3.63. The van der Waals surface area contributed by atoms with Crippen molar-refractivity contribution >= 4 is 28.4 Å². The number of aryl methyl sites for hydroxylation is 1. The van der Waals surface area contributed by atoms with E-state index in [1.165, 1.54) is 6.07 Å². The molecule has 0 aliphatic heterocycles. The average Bonchev–Trinajstić information content (AvgIpc) is 2.42. The smallest absolute Gasteiger partial charge is 0.161 e. The molecule has 0 saturated heterocycles. The fraction of sp³-hybridized carbons (Fsp3) is 0.231.